The van der Waals surface area contributed by atoms with E-state index in [1.807, 2.05) is 6.92 Å². The summed E-state index contributed by atoms with van der Waals surface area (Å²) in [6.45, 7) is 4.73. The molecule has 1 saturated carbocycles. The van der Waals surface area contributed by atoms with E-state index in [0.29, 0.717) is 25.9 Å². The molecule has 0 aromatic carbocycles. The van der Waals surface area contributed by atoms with Crippen LogP contribution in [-0.2, 0) is 4.79 Å². The van der Waals surface area contributed by atoms with Gasteiger partial charge in [0.1, 0.15) is 0 Å². The number of hydrogen-bond acceptors (Lipinski definition) is 3. The molecule has 0 spiro atoms. The Balaban J connectivity index is 2.41. The van der Waals surface area contributed by atoms with E-state index in [4.69, 9.17) is 5.73 Å². The molecule has 0 aromatic heterocycles. The van der Waals surface area contributed by atoms with Gasteiger partial charge in [-0.2, -0.15) is 0 Å². The number of carbonyl (C=O) groups is 1. The van der Waals surface area contributed by atoms with Gasteiger partial charge in [0.15, 0.2) is 0 Å². The van der Waals surface area contributed by atoms with E-state index in [1.165, 1.54) is 19.3 Å². The van der Waals surface area contributed by atoms with Crippen molar-refractivity contribution in [3.63, 3.8) is 0 Å². The summed E-state index contributed by atoms with van der Waals surface area (Å²) >= 11 is 0. The smallest absolute Gasteiger partial charge is 0.220 e. The second-order valence-corrected chi connectivity index (χ2v) is 6.47. The summed E-state index contributed by atoms with van der Waals surface area (Å²) in [6.07, 6.45) is 7.85. The van der Waals surface area contributed by atoms with Crippen molar-refractivity contribution in [3.8, 4) is 0 Å². The summed E-state index contributed by atoms with van der Waals surface area (Å²) < 4.78 is 0. The first-order chi connectivity index (χ1) is 8.93. The second-order valence-electron chi connectivity index (χ2n) is 6.47. The third-order valence-corrected chi connectivity index (χ3v) is 4.34. The summed E-state index contributed by atoms with van der Waals surface area (Å²) in [4.78, 5) is 12.0. The zero-order valence-corrected chi connectivity index (χ0v) is 12.5. The van der Waals surface area contributed by atoms with Crippen molar-refractivity contribution >= 4 is 5.91 Å². The molecule has 0 aliphatic heterocycles. The average Bonchev–Trinajstić information content (AvgIpc) is 2.38. The highest BCUT2D eigenvalue weighted by Gasteiger charge is 2.33. The Morgan fingerprint density at radius 3 is 2.53 bits per heavy atom. The van der Waals surface area contributed by atoms with Crippen LogP contribution < -0.4 is 11.1 Å². The van der Waals surface area contributed by atoms with Crippen LogP contribution in [0.2, 0.25) is 0 Å². The third-order valence-electron chi connectivity index (χ3n) is 4.34. The van der Waals surface area contributed by atoms with Crippen LogP contribution in [-0.4, -0.2) is 29.7 Å². The van der Waals surface area contributed by atoms with E-state index in [1.54, 1.807) is 6.92 Å². The fourth-order valence-corrected chi connectivity index (χ4v) is 3.07. The zero-order valence-electron chi connectivity index (χ0n) is 12.5. The van der Waals surface area contributed by atoms with E-state index >= 15 is 0 Å². The molecular formula is C15H30N2O2. The van der Waals surface area contributed by atoms with Gasteiger partial charge in [0.05, 0.1) is 5.60 Å². The Kier molecular flexibility index (Phi) is 6.27. The van der Waals surface area contributed by atoms with Crippen molar-refractivity contribution in [2.45, 2.75) is 70.8 Å². The van der Waals surface area contributed by atoms with Gasteiger partial charge in [-0.15, -0.1) is 0 Å². The summed E-state index contributed by atoms with van der Waals surface area (Å²) in [7, 11) is 0. The molecule has 1 rings (SSSR count). The largest absolute Gasteiger partial charge is 0.388 e. The van der Waals surface area contributed by atoms with Crippen LogP contribution >= 0.6 is 0 Å². The maximum atomic E-state index is 12.0. The maximum Gasteiger partial charge on any atom is 0.220 e. The van der Waals surface area contributed by atoms with Crippen molar-refractivity contribution in [2.75, 3.05) is 13.1 Å². The third kappa shape index (κ3) is 5.49. The van der Waals surface area contributed by atoms with Crippen molar-refractivity contribution in [2.24, 2.45) is 11.1 Å². The monoisotopic (exact) mass is 270 g/mol. The summed E-state index contributed by atoms with van der Waals surface area (Å²) in [5, 5.41) is 12.9. The summed E-state index contributed by atoms with van der Waals surface area (Å²) in [5.74, 6) is 0.0312. The highest BCUT2D eigenvalue weighted by atomic mass is 16.3. The number of nitrogens with one attached hydrogen (secondary N) is 1. The predicted octanol–water partition coefficient (Wildman–Crippen LogP) is 1.95. The number of carbonyl (C=O) groups excluding carboxylic acids is 1. The van der Waals surface area contributed by atoms with Crippen LogP contribution in [0.1, 0.15) is 65.2 Å². The van der Waals surface area contributed by atoms with Gasteiger partial charge in [-0.1, -0.05) is 32.6 Å². The Morgan fingerprint density at radius 1 is 1.37 bits per heavy atom. The Hall–Kier alpha value is -0.610. The van der Waals surface area contributed by atoms with E-state index in [2.05, 4.69) is 5.32 Å². The maximum absolute atomic E-state index is 12.0. The molecule has 0 heterocycles. The number of hydrogen-bond donors (Lipinski definition) is 3. The number of rotatable bonds is 7. The van der Waals surface area contributed by atoms with Gasteiger partial charge in [-0.3, -0.25) is 4.79 Å². The standard InChI is InChI=1S/C15H30N2O2/c1-3-7-14(2,19)12-17-13(18)10-15(11-16)8-5-4-6-9-15/h19H,3-12,16H2,1-2H3,(H,17,18). The molecule has 4 heteroatoms. The van der Waals surface area contributed by atoms with E-state index < -0.39 is 5.60 Å². The van der Waals surface area contributed by atoms with Gasteiger partial charge < -0.3 is 16.2 Å². The number of nitrogens with two attached hydrogens (primary N) is 1. The van der Waals surface area contributed by atoms with Gasteiger partial charge in [0.2, 0.25) is 5.91 Å². The molecule has 0 saturated heterocycles. The lowest BCUT2D eigenvalue weighted by molar-refractivity contribution is -0.125. The molecule has 1 amide bonds. The van der Waals surface area contributed by atoms with Gasteiger partial charge in [0.25, 0.3) is 0 Å². The van der Waals surface area contributed by atoms with Gasteiger partial charge in [0, 0.05) is 13.0 Å². The molecular weight excluding hydrogens is 240 g/mol. The van der Waals surface area contributed by atoms with E-state index in [9.17, 15) is 9.90 Å². The minimum absolute atomic E-state index is 0.00104. The van der Waals surface area contributed by atoms with Gasteiger partial charge in [-0.05, 0) is 38.1 Å². The lowest BCUT2D eigenvalue weighted by Gasteiger charge is -2.36. The van der Waals surface area contributed by atoms with Crippen molar-refractivity contribution in [1.29, 1.82) is 0 Å². The van der Waals surface area contributed by atoms with Crippen molar-refractivity contribution < 1.29 is 9.90 Å². The quantitative estimate of drug-likeness (QED) is 0.662. The van der Waals surface area contributed by atoms with E-state index in [-0.39, 0.29) is 11.3 Å². The minimum Gasteiger partial charge on any atom is -0.388 e. The molecule has 1 aliphatic rings. The number of amides is 1. The first kappa shape index (κ1) is 16.4. The predicted molar refractivity (Wildman–Crippen MR) is 77.7 cm³/mol. The van der Waals surface area contributed by atoms with Crippen molar-refractivity contribution in [1.82, 2.24) is 5.32 Å². The Bertz CT molecular complexity index is 284. The molecule has 4 nitrogen and oxygen atoms in total. The molecule has 1 unspecified atom stereocenters. The molecule has 0 bridgehead atoms. The van der Waals surface area contributed by atoms with Crippen LogP contribution in [0.4, 0.5) is 0 Å². The molecule has 19 heavy (non-hydrogen) atoms. The van der Waals surface area contributed by atoms with Crippen LogP contribution in [0.5, 0.6) is 0 Å². The molecule has 1 aliphatic carbocycles. The molecule has 0 radical (unpaired) electrons. The van der Waals surface area contributed by atoms with Crippen LogP contribution in [0, 0.1) is 5.41 Å². The SMILES string of the molecule is CCCC(C)(O)CNC(=O)CC1(CN)CCCCC1. The van der Waals surface area contributed by atoms with Crippen LogP contribution in [0.15, 0.2) is 0 Å². The zero-order chi connectivity index (χ0) is 14.4. The van der Waals surface area contributed by atoms with E-state index in [0.717, 1.165) is 19.3 Å². The molecule has 4 N–H and O–H groups in total. The van der Waals surface area contributed by atoms with Gasteiger partial charge in [-0.25, -0.2) is 0 Å². The fourth-order valence-electron chi connectivity index (χ4n) is 3.07. The Morgan fingerprint density at radius 2 is 2.00 bits per heavy atom. The fraction of sp³-hybridized carbons (Fsp3) is 0.933. The lowest BCUT2D eigenvalue weighted by atomic mass is 9.71. The summed E-state index contributed by atoms with van der Waals surface area (Å²) in [5.41, 5.74) is 5.09. The normalized spacial score (nSPS) is 21.7. The van der Waals surface area contributed by atoms with Crippen molar-refractivity contribution in [3.05, 3.63) is 0 Å². The lowest BCUT2D eigenvalue weighted by Crippen LogP contribution is -2.44. The first-order valence-corrected chi connectivity index (χ1v) is 7.62. The molecule has 112 valence electrons. The molecule has 0 aromatic rings. The summed E-state index contributed by atoms with van der Waals surface area (Å²) in [6, 6.07) is 0. The van der Waals surface area contributed by atoms with Crippen LogP contribution in [0.3, 0.4) is 0 Å². The number of aliphatic hydroxyl groups is 1. The minimum atomic E-state index is -0.799. The molecule has 1 atom stereocenters. The second kappa shape index (κ2) is 7.25. The first-order valence-electron chi connectivity index (χ1n) is 7.62. The Labute approximate surface area is 117 Å². The van der Waals surface area contributed by atoms with Gasteiger partial charge >= 0.3 is 0 Å². The molecule has 1 fully saturated rings. The average molecular weight is 270 g/mol. The highest BCUT2D eigenvalue weighted by Crippen LogP contribution is 2.38. The highest BCUT2D eigenvalue weighted by molar-refractivity contribution is 5.76. The van der Waals surface area contributed by atoms with Crippen LogP contribution in [0.25, 0.3) is 0 Å². The topological polar surface area (TPSA) is 75.3 Å².